The van der Waals surface area contributed by atoms with Crippen LogP contribution in [0.25, 0.3) is 0 Å². The Hall–Kier alpha value is -2.88. The molecule has 0 aromatic carbocycles. The van der Waals surface area contributed by atoms with Gasteiger partial charge in [-0.3, -0.25) is 9.78 Å². The Morgan fingerprint density at radius 3 is 2.63 bits per heavy atom. The largest absolute Gasteiger partial charge is 0.349 e. The van der Waals surface area contributed by atoms with Crippen molar-refractivity contribution in [2.24, 2.45) is 0 Å². The summed E-state index contributed by atoms with van der Waals surface area (Å²) in [6.07, 6.45) is 14.5. The third-order valence-corrected chi connectivity index (χ3v) is 4.09. The lowest BCUT2D eigenvalue weighted by Crippen LogP contribution is -2.29. The van der Waals surface area contributed by atoms with Crippen LogP contribution in [0.1, 0.15) is 33.6 Å². The van der Waals surface area contributed by atoms with Gasteiger partial charge in [0.25, 0.3) is 0 Å². The van der Waals surface area contributed by atoms with E-state index in [1.54, 1.807) is 18.5 Å². The van der Waals surface area contributed by atoms with Crippen LogP contribution < -0.4 is 4.90 Å². The smallest absolute Gasteiger partial charge is 0.226 e. The van der Waals surface area contributed by atoms with Crippen LogP contribution in [0.3, 0.4) is 0 Å². The van der Waals surface area contributed by atoms with Gasteiger partial charge in [-0.05, 0) is 42.7 Å². The molecule has 1 aromatic heterocycles. The number of nitrogens with zero attached hydrogens (tertiary/aromatic N) is 3. The summed E-state index contributed by atoms with van der Waals surface area (Å²) in [5, 5.41) is 0. The number of anilines is 1. The summed E-state index contributed by atoms with van der Waals surface area (Å²) < 4.78 is 0. The van der Waals surface area contributed by atoms with Gasteiger partial charge in [0.1, 0.15) is 0 Å². The molecule has 0 saturated carbocycles. The van der Waals surface area contributed by atoms with E-state index in [0.29, 0.717) is 6.42 Å². The maximum Gasteiger partial charge on any atom is 0.226 e. The van der Waals surface area contributed by atoms with Gasteiger partial charge < -0.3 is 9.80 Å². The van der Waals surface area contributed by atoms with E-state index in [9.17, 15) is 4.79 Å². The Morgan fingerprint density at radius 1 is 1.33 bits per heavy atom. The maximum absolute atomic E-state index is 12.1. The molecule has 0 radical (unpaired) electrons. The number of pyridine rings is 1. The molecule has 0 aliphatic rings. The molecular formula is C23H31N3O. The number of amides is 1. The molecule has 4 nitrogen and oxygen atoms in total. The topological polar surface area (TPSA) is 36.4 Å². The van der Waals surface area contributed by atoms with Crippen LogP contribution in [-0.2, 0) is 4.79 Å². The Morgan fingerprint density at radius 2 is 2.07 bits per heavy atom. The number of rotatable bonds is 10. The van der Waals surface area contributed by atoms with Crippen molar-refractivity contribution in [3.8, 4) is 0 Å². The van der Waals surface area contributed by atoms with Gasteiger partial charge in [-0.15, -0.1) is 0 Å². The van der Waals surface area contributed by atoms with E-state index in [1.807, 2.05) is 67.3 Å². The molecule has 0 aliphatic carbocycles. The van der Waals surface area contributed by atoms with Crippen LogP contribution in [0, 0.1) is 0 Å². The van der Waals surface area contributed by atoms with Crippen LogP contribution in [0.15, 0.2) is 85.0 Å². The Bertz CT molecular complexity index is 729. The van der Waals surface area contributed by atoms with Crippen molar-refractivity contribution in [3.63, 3.8) is 0 Å². The first kappa shape index (κ1) is 22.2. The lowest BCUT2D eigenvalue weighted by atomic mass is 10.1. The van der Waals surface area contributed by atoms with Crippen molar-refractivity contribution >= 4 is 11.6 Å². The standard InChI is InChI=1S/C23H31N3O/c1-7-16-26(23(27)9-3)20(5)13-10-12-19(4)21(8-2)18-25(6)22-14-11-15-24-17-22/h8,10-15,17-18H,2,4,7,9,16H2,1,3,5-6H3/b12-10-,20-13+,21-18+. The van der Waals surface area contributed by atoms with Gasteiger partial charge in [-0.1, -0.05) is 45.2 Å². The second-order valence-corrected chi connectivity index (χ2v) is 6.20. The van der Waals surface area contributed by atoms with Crippen molar-refractivity contribution in [2.75, 3.05) is 18.5 Å². The molecule has 0 N–H and O–H groups in total. The summed E-state index contributed by atoms with van der Waals surface area (Å²) in [5.41, 5.74) is 3.68. The molecule has 0 fully saturated rings. The summed E-state index contributed by atoms with van der Waals surface area (Å²) in [6, 6.07) is 3.89. The van der Waals surface area contributed by atoms with Crippen LogP contribution in [0.4, 0.5) is 5.69 Å². The molecule has 0 saturated heterocycles. The van der Waals surface area contributed by atoms with E-state index in [-0.39, 0.29) is 5.91 Å². The molecule has 0 bridgehead atoms. The molecule has 0 spiro atoms. The quantitative estimate of drug-likeness (QED) is 0.531. The minimum Gasteiger partial charge on any atom is -0.349 e. The molecule has 27 heavy (non-hydrogen) atoms. The van der Waals surface area contributed by atoms with E-state index < -0.39 is 0 Å². The van der Waals surface area contributed by atoms with Crippen molar-refractivity contribution < 1.29 is 4.79 Å². The molecule has 4 heteroatoms. The fourth-order valence-corrected chi connectivity index (χ4v) is 2.51. The highest BCUT2D eigenvalue weighted by atomic mass is 16.2. The van der Waals surface area contributed by atoms with E-state index in [4.69, 9.17) is 0 Å². The van der Waals surface area contributed by atoms with Crippen LogP contribution in [0.2, 0.25) is 0 Å². The maximum atomic E-state index is 12.1. The monoisotopic (exact) mass is 365 g/mol. The molecule has 1 aromatic rings. The van der Waals surface area contributed by atoms with Gasteiger partial charge in [-0.2, -0.15) is 0 Å². The summed E-state index contributed by atoms with van der Waals surface area (Å²) in [6.45, 7) is 14.7. The highest BCUT2D eigenvalue weighted by Gasteiger charge is 2.11. The van der Waals surface area contributed by atoms with Crippen molar-refractivity contribution in [3.05, 3.63) is 85.0 Å². The number of aromatic nitrogens is 1. The molecule has 1 heterocycles. The Kier molecular flexibility index (Phi) is 9.59. The second-order valence-electron chi connectivity index (χ2n) is 6.20. The zero-order valence-electron chi connectivity index (χ0n) is 17.0. The first-order valence-corrected chi connectivity index (χ1v) is 9.26. The van der Waals surface area contributed by atoms with Gasteiger partial charge in [0.05, 0.1) is 11.9 Å². The summed E-state index contributed by atoms with van der Waals surface area (Å²) in [7, 11) is 1.96. The third-order valence-electron chi connectivity index (χ3n) is 4.09. The second kappa shape index (κ2) is 11.7. The highest BCUT2D eigenvalue weighted by Crippen LogP contribution is 2.16. The minimum absolute atomic E-state index is 0.141. The van der Waals surface area contributed by atoms with E-state index in [1.165, 1.54) is 0 Å². The summed E-state index contributed by atoms with van der Waals surface area (Å²) in [4.78, 5) is 20.0. The SMILES string of the molecule is C=C/C(=C\N(C)c1cccnc1)C(=C)/C=C\C=C(/C)N(CCC)C(=O)CC. The number of hydrogen-bond donors (Lipinski definition) is 0. The summed E-state index contributed by atoms with van der Waals surface area (Å²) in [5.74, 6) is 0.141. The average molecular weight is 366 g/mol. The fourth-order valence-electron chi connectivity index (χ4n) is 2.51. The fraction of sp³-hybridized carbons (Fsp3) is 0.304. The number of carbonyl (C=O) groups is 1. The van der Waals surface area contributed by atoms with E-state index in [0.717, 1.165) is 35.5 Å². The molecule has 0 aliphatic heterocycles. The lowest BCUT2D eigenvalue weighted by Gasteiger charge is -2.22. The highest BCUT2D eigenvalue weighted by molar-refractivity contribution is 5.77. The average Bonchev–Trinajstić information content (AvgIpc) is 2.69. The van der Waals surface area contributed by atoms with Gasteiger partial charge in [-0.25, -0.2) is 0 Å². The zero-order chi connectivity index (χ0) is 20.2. The molecule has 1 amide bonds. The normalized spacial score (nSPS) is 12.1. The lowest BCUT2D eigenvalue weighted by molar-refractivity contribution is -0.128. The summed E-state index contributed by atoms with van der Waals surface area (Å²) >= 11 is 0. The Balaban J connectivity index is 2.88. The van der Waals surface area contributed by atoms with Crippen molar-refractivity contribution in [1.29, 1.82) is 0 Å². The van der Waals surface area contributed by atoms with Gasteiger partial charge in [0.15, 0.2) is 0 Å². The van der Waals surface area contributed by atoms with Gasteiger partial charge in [0.2, 0.25) is 5.91 Å². The molecule has 1 rings (SSSR count). The van der Waals surface area contributed by atoms with Gasteiger partial charge in [0, 0.05) is 38.1 Å². The van der Waals surface area contributed by atoms with Crippen LogP contribution in [0.5, 0.6) is 0 Å². The predicted octanol–water partition coefficient (Wildman–Crippen LogP) is 5.25. The van der Waals surface area contributed by atoms with Crippen molar-refractivity contribution in [2.45, 2.75) is 33.6 Å². The van der Waals surface area contributed by atoms with Crippen LogP contribution in [-0.4, -0.2) is 29.4 Å². The van der Waals surface area contributed by atoms with E-state index >= 15 is 0 Å². The predicted molar refractivity (Wildman–Crippen MR) is 115 cm³/mol. The first-order chi connectivity index (χ1) is 12.9. The molecule has 0 atom stereocenters. The molecule has 0 unspecified atom stereocenters. The molecule has 144 valence electrons. The zero-order valence-corrected chi connectivity index (χ0v) is 17.0. The number of hydrogen-bond acceptors (Lipinski definition) is 3. The van der Waals surface area contributed by atoms with Crippen LogP contribution >= 0.6 is 0 Å². The van der Waals surface area contributed by atoms with Crippen molar-refractivity contribution in [1.82, 2.24) is 9.88 Å². The Labute approximate surface area is 163 Å². The number of allylic oxidation sites excluding steroid dienone is 7. The first-order valence-electron chi connectivity index (χ1n) is 9.26. The van der Waals surface area contributed by atoms with E-state index in [2.05, 4.69) is 25.1 Å². The molecular weight excluding hydrogens is 334 g/mol. The van der Waals surface area contributed by atoms with Gasteiger partial charge >= 0.3 is 0 Å². The number of carbonyl (C=O) groups excluding carboxylic acids is 1. The minimum atomic E-state index is 0.141. The third kappa shape index (κ3) is 7.10.